The Morgan fingerprint density at radius 1 is 1.18 bits per heavy atom. The largest absolute Gasteiger partial charge is 0.484 e. The van der Waals surface area contributed by atoms with Crippen molar-refractivity contribution in [2.75, 3.05) is 35.9 Å². The van der Waals surface area contributed by atoms with Crippen molar-refractivity contribution in [3.63, 3.8) is 0 Å². The number of anilines is 3. The molecule has 2 aromatic carbocycles. The van der Waals surface area contributed by atoms with Crippen LogP contribution >= 0.6 is 12.4 Å². The minimum atomic E-state index is -0.348. The second kappa shape index (κ2) is 8.26. The molecule has 3 N–H and O–H groups in total. The van der Waals surface area contributed by atoms with Crippen LogP contribution < -0.4 is 30.2 Å². The van der Waals surface area contributed by atoms with Gasteiger partial charge in [-0.25, -0.2) is 0 Å². The number of rotatable bonds is 5. The molecule has 0 radical (unpaired) electrons. The Bertz CT molecular complexity index is 888. The van der Waals surface area contributed by atoms with Crippen LogP contribution in [0.1, 0.15) is 12.8 Å². The van der Waals surface area contributed by atoms with Crippen molar-refractivity contribution >= 4 is 41.3 Å². The number of hydrogen-bond acceptors (Lipinski definition) is 6. The lowest BCUT2D eigenvalue weighted by Crippen LogP contribution is -2.23. The van der Waals surface area contributed by atoms with E-state index in [1.807, 2.05) is 12.1 Å². The molecular weight excluding hydrogens is 386 g/mol. The summed E-state index contributed by atoms with van der Waals surface area (Å²) in [4.78, 5) is 25.7. The lowest BCUT2D eigenvalue weighted by molar-refractivity contribution is -0.118. The van der Waals surface area contributed by atoms with E-state index in [0.717, 1.165) is 18.7 Å². The molecule has 148 valence electrons. The molecular formula is C19H20ClN3O5. The molecule has 0 atom stereocenters. The van der Waals surface area contributed by atoms with Crippen molar-refractivity contribution in [1.29, 1.82) is 0 Å². The number of fused-ring (bicyclic) bond motifs is 1. The van der Waals surface area contributed by atoms with E-state index in [9.17, 15) is 9.59 Å². The lowest BCUT2D eigenvalue weighted by Gasteiger charge is -2.16. The molecule has 2 amide bonds. The first kappa shape index (κ1) is 19.6. The highest BCUT2D eigenvalue weighted by Crippen LogP contribution is 2.38. The first-order valence-corrected chi connectivity index (χ1v) is 8.62. The maximum Gasteiger partial charge on any atom is 0.262 e. The number of nitrogen functional groups attached to an aromatic ring is 1. The number of ether oxygens (including phenoxy) is 3. The number of carbonyl (C=O) groups excluding carboxylic acids is 2. The summed E-state index contributed by atoms with van der Waals surface area (Å²) >= 11 is 0. The molecule has 4 rings (SSSR count). The molecule has 0 bridgehead atoms. The van der Waals surface area contributed by atoms with Gasteiger partial charge in [0.15, 0.2) is 18.1 Å². The van der Waals surface area contributed by atoms with Crippen LogP contribution in [0.15, 0.2) is 36.4 Å². The first-order chi connectivity index (χ1) is 13.1. The van der Waals surface area contributed by atoms with Crippen molar-refractivity contribution in [3.05, 3.63) is 36.4 Å². The van der Waals surface area contributed by atoms with Crippen LogP contribution in [-0.2, 0) is 9.59 Å². The standard InChI is InChI=1S/C19H19N3O5.ClH/c20-14-8-16-17(27-11-26-16)9-15(14)21-18(23)10-25-13-5-3-12(4-6-13)22-7-1-2-19(22)24;/h3-6,8-9H,1-2,7,10-11,20H2,(H,21,23);1H. The molecule has 0 unspecified atom stereocenters. The summed E-state index contributed by atoms with van der Waals surface area (Å²) in [6.45, 7) is 0.697. The normalized spacial score (nSPS) is 14.6. The number of nitrogens with one attached hydrogen (secondary N) is 1. The van der Waals surface area contributed by atoms with Crippen LogP contribution in [0.4, 0.5) is 17.1 Å². The number of halogens is 1. The number of carbonyl (C=O) groups is 2. The molecule has 1 saturated heterocycles. The van der Waals surface area contributed by atoms with Crippen LogP contribution in [0.25, 0.3) is 0 Å². The minimum Gasteiger partial charge on any atom is -0.484 e. The third-order valence-corrected chi connectivity index (χ3v) is 4.41. The molecule has 2 aliphatic heterocycles. The fourth-order valence-corrected chi connectivity index (χ4v) is 3.04. The van der Waals surface area contributed by atoms with Gasteiger partial charge in [0, 0.05) is 30.8 Å². The zero-order valence-corrected chi connectivity index (χ0v) is 15.8. The van der Waals surface area contributed by atoms with E-state index in [0.29, 0.717) is 35.0 Å². The topological polar surface area (TPSA) is 103 Å². The average Bonchev–Trinajstić information content (AvgIpc) is 3.29. The maximum atomic E-state index is 12.1. The van der Waals surface area contributed by atoms with Crippen LogP contribution in [0.5, 0.6) is 17.2 Å². The van der Waals surface area contributed by atoms with Crippen LogP contribution in [0.2, 0.25) is 0 Å². The molecule has 0 spiro atoms. The minimum absolute atomic E-state index is 0. The quantitative estimate of drug-likeness (QED) is 0.741. The maximum absolute atomic E-state index is 12.1. The van der Waals surface area contributed by atoms with E-state index in [1.165, 1.54) is 0 Å². The number of nitrogens with two attached hydrogens (primary N) is 1. The van der Waals surface area contributed by atoms with Gasteiger partial charge >= 0.3 is 0 Å². The van der Waals surface area contributed by atoms with Crippen LogP contribution in [-0.4, -0.2) is 31.8 Å². The molecule has 9 heteroatoms. The molecule has 0 saturated carbocycles. The van der Waals surface area contributed by atoms with Gasteiger partial charge in [0.25, 0.3) is 5.91 Å². The second-order valence-electron chi connectivity index (χ2n) is 6.27. The number of nitrogens with zero attached hydrogens (tertiary/aromatic N) is 1. The highest BCUT2D eigenvalue weighted by molar-refractivity contribution is 5.96. The predicted molar refractivity (Wildman–Crippen MR) is 106 cm³/mol. The summed E-state index contributed by atoms with van der Waals surface area (Å²) in [6.07, 6.45) is 1.46. The zero-order valence-electron chi connectivity index (χ0n) is 15.0. The van der Waals surface area contributed by atoms with Crippen LogP contribution in [0.3, 0.4) is 0 Å². The fourth-order valence-electron chi connectivity index (χ4n) is 3.04. The van der Waals surface area contributed by atoms with Crippen molar-refractivity contribution in [2.24, 2.45) is 0 Å². The van der Waals surface area contributed by atoms with E-state index < -0.39 is 0 Å². The molecule has 28 heavy (non-hydrogen) atoms. The zero-order chi connectivity index (χ0) is 18.8. The summed E-state index contributed by atoms with van der Waals surface area (Å²) in [6, 6.07) is 10.3. The van der Waals surface area contributed by atoms with Gasteiger partial charge < -0.3 is 30.2 Å². The SMILES string of the molecule is Cl.Nc1cc2c(cc1NC(=O)COc1ccc(N3CCCC3=O)cc1)OCO2. The van der Waals surface area contributed by atoms with Crippen LogP contribution in [0, 0.1) is 0 Å². The summed E-state index contributed by atoms with van der Waals surface area (Å²) in [5.74, 6) is 1.41. The third-order valence-electron chi connectivity index (χ3n) is 4.41. The van der Waals surface area contributed by atoms with Crippen molar-refractivity contribution < 1.29 is 23.8 Å². The van der Waals surface area contributed by atoms with E-state index in [4.69, 9.17) is 19.9 Å². The lowest BCUT2D eigenvalue weighted by atomic mass is 10.2. The summed E-state index contributed by atoms with van der Waals surface area (Å²) in [5, 5.41) is 2.69. The molecule has 1 fully saturated rings. The van der Waals surface area contributed by atoms with Gasteiger partial charge in [0.2, 0.25) is 12.7 Å². The smallest absolute Gasteiger partial charge is 0.262 e. The second-order valence-corrected chi connectivity index (χ2v) is 6.27. The Hall–Kier alpha value is -3.13. The molecule has 0 aromatic heterocycles. The molecule has 8 nitrogen and oxygen atoms in total. The average molecular weight is 406 g/mol. The third kappa shape index (κ3) is 4.07. The monoisotopic (exact) mass is 405 g/mol. The Labute approximate surface area is 167 Å². The molecule has 2 aromatic rings. The van der Waals surface area contributed by atoms with Gasteiger partial charge in [-0.05, 0) is 30.7 Å². The predicted octanol–water partition coefficient (Wildman–Crippen LogP) is 2.56. The summed E-state index contributed by atoms with van der Waals surface area (Å²) < 4.78 is 16.0. The number of benzene rings is 2. The van der Waals surface area contributed by atoms with E-state index in [1.54, 1.807) is 29.2 Å². The van der Waals surface area contributed by atoms with E-state index >= 15 is 0 Å². The Balaban J connectivity index is 0.00000225. The van der Waals surface area contributed by atoms with Gasteiger partial charge in [0.05, 0.1) is 11.4 Å². The van der Waals surface area contributed by atoms with Gasteiger partial charge in [-0.1, -0.05) is 0 Å². The van der Waals surface area contributed by atoms with Gasteiger partial charge in [-0.2, -0.15) is 0 Å². The van der Waals surface area contributed by atoms with Gasteiger partial charge in [-0.3, -0.25) is 9.59 Å². The Morgan fingerprint density at radius 2 is 1.89 bits per heavy atom. The molecule has 2 aliphatic rings. The van der Waals surface area contributed by atoms with Gasteiger partial charge in [-0.15, -0.1) is 12.4 Å². The molecule has 0 aliphatic carbocycles. The van der Waals surface area contributed by atoms with Crippen molar-refractivity contribution in [1.82, 2.24) is 0 Å². The molecule has 2 heterocycles. The fraction of sp³-hybridized carbons (Fsp3) is 0.263. The van der Waals surface area contributed by atoms with E-state index in [-0.39, 0.29) is 37.6 Å². The Kier molecular flexibility index (Phi) is 5.79. The number of hydrogen-bond donors (Lipinski definition) is 2. The van der Waals surface area contributed by atoms with Crippen molar-refractivity contribution in [2.45, 2.75) is 12.8 Å². The van der Waals surface area contributed by atoms with Crippen molar-refractivity contribution in [3.8, 4) is 17.2 Å². The number of amides is 2. The highest BCUT2D eigenvalue weighted by Gasteiger charge is 2.21. The summed E-state index contributed by atoms with van der Waals surface area (Å²) in [7, 11) is 0. The Morgan fingerprint density at radius 3 is 2.57 bits per heavy atom. The van der Waals surface area contributed by atoms with Gasteiger partial charge in [0.1, 0.15) is 5.75 Å². The van der Waals surface area contributed by atoms with E-state index in [2.05, 4.69) is 5.32 Å². The first-order valence-electron chi connectivity index (χ1n) is 8.62. The summed E-state index contributed by atoms with van der Waals surface area (Å²) in [5.41, 5.74) is 7.57. The highest BCUT2D eigenvalue weighted by atomic mass is 35.5.